The Labute approximate surface area is 159 Å². The molecule has 2 rings (SSSR count). The largest absolute Gasteiger partial charge is 0.480 e. The first-order valence-electron chi connectivity index (χ1n) is 9.49. The van der Waals surface area contributed by atoms with E-state index >= 15 is 0 Å². The summed E-state index contributed by atoms with van der Waals surface area (Å²) in [6.07, 6.45) is 2.72. The van der Waals surface area contributed by atoms with Gasteiger partial charge in [0.05, 0.1) is 5.69 Å². The van der Waals surface area contributed by atoms with Crippen molar-refractivity contribution in [2.75, 3.05) is 19.6 Å². The van der Waals surface area contributed by atoms with E-state index in [0.717, 1.165) is 23.4 Å². The predicted octanol–water partition coefficient (Wildman–Crippen LogP) is 1.52. The van der Waals surface area contributed by atoms with Gasteiger partial charge >= 0.3 is 5.97 Å². The summed E-state index contributed by atoms with van der Waals surface area (Å²) in [5.41, 5.74) is 3.01. The summed E-state index contributed by atoms with van der Waals surface area (Å²) in [6.45, 7) is 8.12. The first-order valence-corrected chi connectivity index (χ1v) is 9.49. The van der Waals surface area contributed by atoms with Crippen LogP contribution in [-0.2, 0) is 20.8 Å². The Kier molecular flexibility index (Phi) is 6.98. The van der Waals surface area contributed by atoms with Gasteiger partial charge in [-0.2, -0.15) is 5.10 Å². The molecule has 0 unspecified atom stereocenters. The van der Waals surface area contributed by atoms with E-state index in [1.807, 2.05) is 25.7 Å². The molecule has 2 atom stereocenters. The molecule has 150 valence electrons. The van der Waals surface area contributed by atoms with Gasteiger partial charge in [-0.25, -0.2) is 0 Å². The minimum atomic E-state index is -1.01. The first-order chi connectivity index (χ1) is 12.7. The van der Waals surface area contributed by atoms with Crippen LogP contribution in [0.2, 0.25) is 0 Å². The fourth-order valence-corrected chi connectivity index (χ4v) is 3.83. The van der Waals surface area contributed by atoms with Gasteiger partial charge in [0.1, 0.15) is 6.54 Å². The quantitative estimate of drug-likeness (QED) is 0.780. The molecule has 0 aromatic carbocycles. The van der Waals surface area contributed by atoms with Gasteiger partial charge in [-0.3, -0.25) is 19.5 Å². The third kappa shape index (κ3) is 5.30. The van der Waals surface area contributed by atoms with Gasteiger partial charge in [0, 0.05) is 37.7 Å². The Morgan fingerprint density at radius 2 is 2.00 bits per heavy atom. The molecule has 2 amide bonds. The number of aromatic nitrogens is 2. The maximum absolute atomic E-state index is 12.9. The van der Waals surface area contributed by atoms with Gasteiger partial charge in [-0.1, -0.05) is 6.92 Å². The molecular weight excluding hydrogens is 348 g/mol. The van der Waals surface area contributed by atoms with Crippen molar-refractivity contribution in [3.63, 3.8) is 0 Å². The van der Waals surface area contributed by atoms with Crippen molar-refractivity contribution in [3.05, 3.63) is 17.0 Å². The molecule has 2 heterocycles. The highest BCUT2D eigenvalue weighted by atomic mass is 16.4. The summed E-state index contributed by atoms with van der Waals surface area (Å²) in [6, 6.07) is -0.134. The molecule has 1 aliphatic rings. The summed E-state index contributed by atoms with van der Waals surface area (Å²) >= 11 is 0. The Bertz CT molecular complexity index is 680. The predicted molar refractivity (Wildman–Crippen MR) is 100 cm³/mol. The highest BCUT2D eigenvalue weighted by Gasteiger charge is 2.29. The molecule has 1 fully saturated rings. The average Bonchev–Trinajstić information content (AvgIpc) is 2.80. The van der Waals surface area contributed by atoms with Gasteiger partial charge in [0.15, 0.2) is 0 Å². The lowest BCUT2D eigenvalue weighted by Gasteiger charge is -2.29. The van der Waals surface area contributed by atoms with Crippen LogP contribution in [0.5, 0.6) is 0 Å². The molecule has 8 heteroatoms. The van der Waals surface area contributed by atoms with Crippen LogP contribution in [0.25, 0.3) is 0 Å². The molecular formula is C19H30N4O4. The lowest BCUT2D eigenvalue weighted by Crippen LogP contribution is -2.43. The van der Waals surface area contributed by atoms with Crippen LogP contribution in [0.4, 0.5) is 0 Å². The summed E-state index contributed by atoms with van der Waals surface area (Å²) in [5.74, 6) is -1.30. The highest BCUT2D eigenvalue weighted by molar-refractivity contribution is 5.80. The highest BCUT2D eigenvalue weighted by Crippen LogP contribution is 2.21. The Hall–Kier alpha value is -2.38. The molecule has 0 saturated carbocycles. The number of aliphatic carboxylic acids is 1. The molecule has 1 saturated heterocycles. The normalized spacial score (nSPS) is 18.7. The standard InChI is InChI=1S/C19H30N4O4/c1-12(10-17-13(2)20-21-14(17)3)19(27)22-8-5-6-16(7-9-22)23(15(4)24)11-18(25)26/h12,16H,5-11H2,1-4H3,(H,20,21)(H,25,26)/t12-,16+/m0/s1. The van der Waals surface area contributed by atoms with Gasteiger partial charge < -0.3 is 14.9 Å². The van der Waals surface area contributed by atoms with Crippen molar-refractivity contribution in [1.29, 1.82) is 0 Å². The average molecular weight is 378 g/mol. The molecule has 0 radical (unpaired) electrons. The van der Waals surface area contributed by atoms with Gasteiger partial charge in [-0.05, 0) is 45.1 Å². The number of likely N-dealkylation sites (tertiary alicyclic amines) is 1. The molecule has 0 spiro atoms. The summed E-state index contributed by atoms with van der Waals surface area (Å²) in [5, 5.41) is 16.2. The second-order valence-electron chi connectivity index (χ2n) is 7.47. The van der Waals surface area contributed by atoms with E-state index < -0.39 is 5.97 Å². The zero-order valence-electron chi connectivity index (χ0n) is 16.6. The summed E-state index contributed by atoms with van der Waals surface area (Å²) < 4.78 is 0. The number of carboxylic acids is 1. The van der Waals surface area contributed by atoms with Crippen LogP contribution in [0, 0.1) is 19.8 Å². The van der Waals surface area contributed by atoms with Crippen LogP contribution in [0.15, 0.2) is 0 Å². The maximum Gasteiger partial charge on any atom is 0.323 e. The van der Waals surface area contributed by atoms with E-state index in [4.69, 9.17) is 5.11 Å². The van der Waals surface area contributed by atoms with E-state index in [-0.39, 0.29) is 30.3 Å². The second-order valence-corrected chi connectivity index (χ2v) is 7.47. The molecule has 2 N–H and O–H groups in total. The van der Waals surface area contributed by atoms with E-state index in [9.17, 15) is 14.4 Å². The van der Waals surface area contributed by atoms with Crippen LogP contribution < -0.4 is 0 Å². The molecule has 27 heavy (non-hydrogen) atoms. The van der Waals surface area contributed by atoms with Crippen molar-refractivity contribution in [1.82, 2.24) is 20.0 Å². The van der Waals surface area contributed by atoms with Crippen LogP contribution in [-0.4, -0.2) is 68.6 Å². The molecule has 0 bridgehead atoms. The summed E-state index contributed by atoms with van der Waals surface area (Å²) in [4.78, 5) is 39.1. The van der Waals surface area contributed by atoms with E-state index in [2.05, 4.69) is 10.2 Å². The van der Waals surface area contributed by atoms with E-state index in [1.165, 1.54) is 11.8 Å². The van der Waals surface area contributed by atoms with Crippen molar-refractivity contribution in [2.45, 2.75) is 59.4 Å². The first kappa shape index (κ1) is 20.9. The van der Waals surface area contributed by atoms with Gasteiger partial charge in [-0.15, -0.1) is 0 Å². The van der Waals surface area contributed by atoms with E-state index in [1.54, 1.807) is 0 Å². The molecule has 8 nitrogen and oxygen atoms in total. The Morgan fingerprint density at radius 3 is 2.56 bits per heavy atom. The van der Waals surface area contributed by atoms with Crippen LogP contribution in [0.3, 0.4) is 0 Å². The molecule has 1 aromatic heterocycles. The number of carbonyl (C=O) groups excluding carboxylic acids is 2. The number of nitrogens with one attached hydrogen (secondary N) is 1. The fourth-order valence-electron chi connectivity index (χ4n) is 3.83. The number of aryl methyl sites for hydroxylation is 2. The minimum absolute atomic E-state index is 0.100. The lowest BCUT2D eigenvalue weighted by molar-refractivity contribution is -0.145. The van der Waals surface area contributed by atoms with Crippen molar-refractivity contribution in [3.8, 4) is 0 Å². The number of aromatic amines is 1. The number of amides is 2. The molecule has 1 aliphatic heterocycles. The second kappa shape index (κ2) is 9.01. The molecule has 0 aliphatic carbocycles. The van der Waals surface area contributed by atoms with Gasteiger partial charge in [0.2, 0.25) is 11.8 Å². The number of hydrogen-bond donors (Lipinski definition) is 2. The summed E-state index contributed by atoms with van der Waals surface area (Å²) in [7, 11) is 0. The number of H-pyrrole nitrogens is 1. The SMILES string of the molecule is CC(=O)N(CC(=O)O)[C@@H]1CCCN(C(=O)[C@@H](C)Cc2c(C)n[nH]c2C)CC1. The van der Waals surface area contributed by atoms with Crippen molar-refractivity contribution < 1.29 is 19.5 Å². The van der Waals surface area contributed by atoms with Crippen LogP contribution >= 0.6 is 0 Å². The molecule has 1 aromatic rings. The van der Waals surface area contributed by atoms with E-state index in [0.29, 0.717) is 32.4 Å². The van der Waals surface area contributed by atoms with Crippen molar-refractivity contribution in [2.24, 2.45) is 5.92 Å². The smallest absolute Gasteiger partial charge is 0.323 e. The van der Waals surface area contributed by atoms with Crippen molar-refractivity contribution >= 4 is 17.8 Å². The minimum Gasteiger partial charge on any atom is -0.480 e. The fraction of sp³-hybridized carbons (Fsp3) is 0.684. The van der Waals surface area contributed by atoms with Crippen LogP contribution in [0.1, 0.15) is 50.1 Å². The maximum atomic E-state index is 12.9. The number of carbonyl (C=O) groups is 3. The zero-order chi connectivity index (χ0) is 20.1. The number of rotatable bonds is 6. The Balaban J connectivity index is 1.99. The number of nitrogens with zero attached hydrogens (tertiary/aromatic N) is 3. The zero-order valence-corrected chi connectivity index (χ0v) is 16.6. The Morgan fingerprint density at radius 1 is 1.30 bits per heavy atom. The number of hydrogen-bond acceptors (Lipinski definition) is 4. The van der Waals surface area contributed by atoms with Gasteiger partial charge in [0.25, 0.3) is 0 Å². The topological polar surface area (TPSA) is 107 Å². The lowest BCUT2D eigenvalue weighted by atomic mass is 9.98. The number of carboxylic acid groups (broad SMARTS) is 1. The third-order valence-electron chi connectivity index (χ3n) is 5.37. The third-order valence-corrected chi connectivity index (χ3v) is 5.37. The monoisotopic (exact) mass is 378 g/mol.